The molecule has 0 aliphatic heterocycles. The summed E-state index contributed by atoms with van der Waals surface area (Å²) in [5.41, 5.74) is 10.4. The minimum absolute atomic E-state index is 0.475. The fraction of sp³-hybridized carbons (Fsp3) is 0.294. The van der Waals surface area contributed by atoms with Crippen molar-refractivity contribution >= 4 is 17.3 Å². The number of nitrogens with two attached hydrogens (primary N) is 1. The number of nitrogens with zero attached hydrogens (tertiary/aromatic N) is 1. The molecular weight excluding hydrogens is 268 g/mol. The Morgan fingerprint density at radius 1 is 1.10 bits per heavy atom. The third-order valence-electron chi connectivity index (χ3n) is 3.63. The fourth-order valence-corrected chi connectivity index (χ4v) is 2.53. The monoisotopic (exact) mass is 288 g/mol. The minimum atomic E-state index is 0.475. The molecule has 0 fully saturated rings. The summed E-state index contributed by atoms with van der Waals surface area (Å²) >= 11 is 6.26. The molecule has 2 rings (SSSR count). The number of aryl methyl sites for hydroxylation is 1. The summed E-state index contributed by atoms with van der Waals surface area (Å²) in [4.78, 5) is 2.31. The van der Waals surface area contributed by atoms with E-state index in [1.165, 1.54) is 11.1 Å². The Morgan fingerprint density at radius 2 is 1.85 bits per heavy atom. The number of hydrogen-bond donors (Lipinski definition) is 1. The first-order chi connectivity index (χ1) is 9.65. The van der Waals surface area contributed by atoms with E-state index in [1.54, 1.807) is 0 Å². The van der Waals surface area contributed by atoms with E-state index in [1.807, 2.05) is 12.1 Å². The van der Waals surface area contributed by atoms with E-state index in [0.717, 1.165) is 29.4 Å². The molecule has 0 aliphatic carbocycles. The SMILES string of the molecule is CCN(Cc1ccccc1C)c1ccc(CN)c(Cl)c1. The molecule has 20 heavy (non-hydrogen) atoms. The maximum atomic E-state index is 6.26. The lowest BCUT2D eigenvalue weighted by Gasteiger charge is -2.24. The van der Waals surface area contributed by atoms with Crippen molar-refractivity contribution in [2.24, 2.45) is 5.73 Å². The lowest BCUT2D eigenvalue weighted by Crippen LogP contribution is -2.22. The second kappa shape index (κ2) is 6.78. The van der Waals surface area contributed by atoms with Gasteiger partial charge in [0.2, 0.25) is 0 Å². The van der Waals surface area contributed by atoms with Gasteiger partial charge in [-0.05, 0) is 42.7 Å². The predicted octanol–water partition coefficient (Wildman–Crippen LogP) is 4.13. The molecule has 0 bridgehead atoms. The van der Waals surface area contributed by atoms with Gasteiger partial charge in [0.15, 0.2) is 0 Å². The van der Waals surface area contributed by atoms with Crippen molar-refractivity contribution in [2.45, 2.75) is 26.9 Å². The molecular formula is C17H21ClN2. The molecule has 2 aromatic carbocycles. The normalized spacial score (nSPS) is 10.6. The van der Waals surface area contributed by atoms with Gasteiger partial charge in [0, 0.05) is 30.3 Å². The zero-order chi connectivity index (χ0) is 14.5. The topological polar surface area (TPSA) is 29.3 Å². The largest absolute Gasteiger partial charge is 0.367 e. The van der Waals surface area contributed by atoms with Crippen molar-refractivity contribution in [3.05, 3.63) is 64.2 Å². The first kappa shape index (κ1) is 14.9. The highest BCUT2D eigenvalue weighted by Gasteiger charge is 2.09. The van der Waals surface area contributed by atoms with Crippen molar-refractivity contribution in [1.29, 1.82) is 0 Å². The average Bonchev–Trinajstić information content (AvgIpc) is 2.46. The van der Waals surface area contributed by atoms with Crippen LogP contribution in [0.2, 0.25) is 5.02 Å². The molecule has 106 valence electrons. The molecule has 2 aromatic rings. The van der Waals surface area contributed by atoms with E-state index in [2.05, 4.69) is 49.1 Å². The number of hydrogen-bond acceptors (Lipinski definition) is 2. The van der Waals surface area contributed by atoms with Crippen LogP contribution in [0.4, 0.5) is 5.69 Å². The summed E-state index contributed by atoms with van der Waals surface area (Å²) in [5.74, 6) is 0. The summed E-state index contributed by atoms with van der Waals surface area (Å²) < 4.78 is 0. The smallest absolute Gasteiger partial charge is 0.0471 e. The van der Waals surface area contributed by atoms with E-state index in [-0.39, 0.29) is 0 Å². The summed E-state index contributed by atoms with van der Waals surface area (Å²) in [6.07, 6.45) is 0. The van der Waals surface area contributed by atoms with Crippen LogP contribution in [0.25, 0.3) is 0 Å². The van der Waals surface area contributed by atoms with Gasteiger partial charge in [-0.2, -0.15) is 0 Å². The first-order valence-electron chi connectivity index (χ1n) is 6.93. The van der Waals surface area contributed by atoms with E-state index in [9.17, 15) is 0 Å². The third-order valence-corrected chi connectivity index (χ3v) is 3.98. The molecule has 0 heterocycles. The van der Waals surface area contributed by atoms with Crippen LogP contribution in [0.1, 0.15) is 23.6 Å². The van der Waals surface area contributed by atoms with E-state index in [0.29, 0.717) is 6.54 Å². The van der Waals surface area contributed by atoms with Gasteiger partial charge in [-0.1, -0.05) is 41.9 Å². The quantitative estimate of drug-likeness (QED) is 0.896. The van der Waals surface area contributed by atoms with Crippen LogP contribution in [0.5, 0.6) is 0 Å². The number of benzene rings is 2. The first-order valence-corrected chi connectivity index (χ1v) is 7.31. The molecule has 0 aliphatic rings. The van der Waals surface area contributed by atoms with Crippen LogP contribution >= 0.6 is 11.6 Å². The van der Waals surface area contributed by atoms with Gasteiger partial charge in [0.05, 0.1) is 0 Å². The maximum absolute atomic E-state index is 6.26. The van der Waals surface area contributed by atoms with Crippen LogP contribution in [0, 0.1) is 6.92 Å². The summed E-state index contributed by atoms with van der Waals surface area (Å²) in [6.45, 7) is 6.60. The molecule has 0 spiro atoms. The Bertz CT molecular complexity index is 581. The van der Waals surface area contributed by atoms with Crippen LogP contribution < -0.4 is 10.6 Å². The van der Waals surface area contributed by atoms with E-state index < -0.39 is 0 Å². The van der Waals surface area contributed by atoms with Gasteiger partial charge < -0.3 is 10.6 Å². The van der Waals surface area contributed by atoms with Crippen molar-refractivity contribution in [3.63, 3.8) is 0 Å². The number of halogens is 1. The lowest BCUT2D eigenvalue weighted by atomic mass is 10.1. The highest BCUT2D eigenvalue weighted by molar-refractivity contribution is 6.31. The second-order valence-electron chi connectivity index (χ2n) is 4.92. The van der Waals surface area contributed by atoms with Gasteiger partial charge in [-0.3, -0.25) is 0 Å². The molecule has 3 heteroatoms. The highest BCUT2D eigenvalue weighted by Crippen LogP contribution is 2.25. The molecule has 0 saturated carbocycles. The van der Waals surface area contributed by atoms with Crippen molar-refractivity contribution < 1.29 is 0 Å². The van der Waals surface area contributed by atoms with Gasteiger partial charge in [-0.25, -0.2) is 0 Å². The molecule has 0 aromatic heterocycles. The Balaban J connectivity index is 2.24. The van der Waals surface area contributed by atoms with Gasteiger partial charge in [0.1, 0.15) is 0 Å². The van der Waals surface area contributed by atoms with Crippen molar-refractivity contribution in [2.75, 3.05) is 11.4 Å². The van der Waals surface area contributed by atoms with Crippen LogP contribution in [0.3, 0.4) is 0 Å². The number of rotatable bonds is 5. The summed E-state index contributed by atoms with van der Waals surface area (Å²) in [5, 5.41) is 0.744. The standard InChI is InChI=1S/C17H21ClN2/c1-3-20(12-15-7-5-4-6-13(15)2)16-9-8-14(11-19)17(18)10-16/h4-10H,3,11-12,19H2,1-2H3. The minimum Gasteiger partial charge on any atom is -0.367 e. The van der Waals surface area contributed by atoms with Gasteiger partial charge in [-0.15, -0.1) is 0 Å². The lowest BCUT2D eigenvalue weighted by molar-refractivity contribution is 0.826. The Morgan fingerprint density at radius 3 is 2.45 bits per heavy atom. The zero-order valence-electron chi connectivity index (χ0n) is 12.1. The maximum Gasteiger partial charge on any atom is 0.0471 e. The van der Waals surface area contributed by atoms with Crippen LogP contribution in [-0.4, -0.2) is 6.54 Å². The van der Waals surface area contributed by atoms with Crippen LogP contribution in [0.15, 0.2) is 42.5 Å². The average molecular weight is 289 g/mol. The Hall–Kier alpha value is -1.51. The molecule has 0 radical (unpaired) electrons. The molecule has 2 N–H and O–H groups in total. The van der Waals surface area contributed by atoms with E-state index in [4.69, 9.17) is 17.3 Å². The molecule has 0 unspecified atom stereocenters. The van der Waals surface area contributed by atoms with Crippen molar-refractivity contribution in [3.8, 4) is 0 Å². The third kappa shape index (κ3) is 3.33. The predicted molar refractivity (Wildman–Crippen MR) is 87.2 cm³/mol. The second-order valence-corrected chi connectivity index (χ2v) is 5.33. The molecule has 2 nitrogen and oxygen atoms in total. The molecule has 0 atom stereocenters. The summed E-state index contributed by atoms with van der Waals surface area (Å²) in [6, 6.07) is 14.6. The molecule has 0 amide bonds. The number of anilines is 1. The molecule has 0 saturated heterocycles. The zero-order valence-corrected chi connectivity index (χ0v) is 12.8. The van der Waals surface area contributed by atoms with Gasteiger partial charge >= 0.3 is 0 Å². The Kier molecular flexibility index (Phi) is 5.05. The summed E-state index contributed by atoms with van der Waals surface area (Å²) in [7, 11) is 0. The van der Waals surface area contributed by atoms with Crippen LogP contribution in [-0.2, 0) is 13.1 Å². The highest BCUT2D eigenvalue weighted by atomic mass is 35.5. The Labute approximate surface area is 126 Å². The van der Waals surface area contributed by atoms with Crippen molar-refractivity contribution in [1.82, 2.24) is 0 Å². The fourth-order valence-electron chi connectivity index (χ4n) is 2.28. The van der Waals surface area contributed by atoms with Gasteiger partial charge in [0.25, 0.3) is 0 Å². The van der Waals surface area contributed by atoms with E-state index >= 15 is 0 Å².